The lowest BCUT2D eigenvalue weighted by molar-refractivity contribution is -0.131. The molecule has 0 aromatic heterocycles. The third-order valence-electron chi connectivity index (χ3n) is 4.99. The Labute approximate surface area is 138 Å². The van der Waals surface area contributed by atoms with Crippen molar-refractivity contribution in [3.05, 3.63) is 34.9 Å². The Balaban J connectivity index is 1.47. The van der Waals surface area contributed by atoms with Crippen molar-refractivity contribution in [1.29, 1.82) is 0 Å². The summed E-state index contributed by atoms with van der Waals surface area (Å²) in [5.41, 5.74) is 1.15. The molecule has 120 valence electrons. The number of amides is 1. The van der Waals surface area contributed by atoms with Crippen LogP contribution >= 0.6 is 11.6 Å². The fourth-order valence-electron chi connectivity index (χ4n) is 3.41. The van der Waals surface area contributed by atoms with E-state index in [1.165, 1.54) is 19.3 Å². The van der Waals surface area contributed by atoms with Crippen LogP contribution in [0.15, 0.2) is 24.3 Å². The number of carbonyl (C=O) groups is 1. The molecule has 3 rings (SSSR count). The van der Waals surface area contributed by atoms with E-state index < -0.39 is 0 Å². The van der Waals surface area contributed by atoms with Gasteiger partial charge in [0.1, 0.15) is 0 Å². The zero-order valence-corrected chi connectivity index (χ0v) is 13.9. The second-order valence-corrected chi connectivity index (χ2v) is 6.92. The first-order chi connectivity index (χ1) is 10.7. The number of benzene rings is 1. The number of nitrogens with zero attached hydrogens (tertiary/aromatic N) is 2. The molecule has 1 aliphatic heterocycles. The Morgan fingerprint density at radius 1 is 1.14 bits per heavy atom. The molecule has 1 amide bonds. The molecule has 3 nitrogen and oxygen atoms in total. The summed E-state index contributed by atoms with van der Waals surface area (Å²) in [6.45, 7) is 4.01. The molecule has 0 atom stereocenters. The van der Waals surface area contributed by atoms with E-state index in [1.807, 2.05) is 24.3 Å². The van der Waals surface area contributed by atoms with Gasteiger partial charge in [-0.3, -0.25) is 9.69 Å². The standard InChI is InChI=1S/C18H25ClN2O/c19-16-5-1-4-15(14-16)8-9-18(22)21-11-3-10-20(12-13-21)17-6-2-7-17/h1,4-5,14,17H,2-3,6-13H2. The molecule has 1 aliphatic carbocycles. The predicted octanol–water partition coefficient (Wildman–Crippen LogP) is 3.36. The second kappa shape index (κ2) is 7.47. The van der Waals surface area contributed by atoms with Gasteiger partial charge in [-0.05, 0) is 43.4 Å². The van der Waals surface area contributed by atoms with Crippen LogP contribution in [-0.4, -0.2) is 47.9 Å². The lowest BCUT2D eigenvalue weighted by atomic mass is 9.91. The van der Waals surface area contributed by atoms with E-state index in [9.17, 15) is 4.79 Å². The highest BCUT2D eigenvalue weighted by atomic mass is 35.5. The number of carbonyl (C=O) groups excluding carboxylic acids is 1. The molecule has 4 heteroatoms. The molecule has 0 radical (unpaired) electrons. The van der Waals surface area contributed by atoms with Crippen LogP contribution in [0.5, 0.6) is 0 Å². The molecule has 0 unspecified atom stereocenters. The zero-order chi connectivity index (χ0) is 15.4. The van der Waals surface area contributed by atoms with Crippen LogP contribution in [0.2, 0.25) is 5.02 Å². The average molecular weight is 321 g/mol. The highest BCUT2D eigenvalue weighted by Crippen LogP contribution is 2.25. The molecule has 1 saturated heterocycles. The van der Waals surface area contributed by atoms with Gasteiger partial charge in [-0.25, -0.2) is 0 Å². The van der Waals surface area contributed by atoms with Crippen molar-refractivity contribution in [2.75, 3.05) is 26.2 Å². The Kier molecular flexibility index (Phi) is 5.37. The number of rotatable bonds is 4. The maximum atomic E-state index is 12.4. The SMILES string of the molecule is O=C(CCc1cccc(Cl)c1)N1CCCN(C2CCC2)CC1. The van der Waals surface area contributed by atoms with E-state index >= 15 is 0 Å². The molecule has 2 fully saturated rings. The first-order valence-corrected chi connectivity index (χ1v) is 8.86. The van der Waals surface area contributed by atoms with E-state index in [0.717, 1.165) is 55.6 Å². The normalized spacial score (nSPS) is 20.5. The first kappa shape index (κ1) is 15.8. The molecule has 1 aromatic carbocycles. The van der Waals surface area contributed by atoms with Gasteiger partial charge in [-0.2, -0.15) is 0 Å². The lowest BCUT2D eigenvalue weighted by Crippen LogP contribution is -2.42. The molecule has 2 aliphatic rings. The first-order valence-electron chi connectivity index (χ1n) is 8.48. The Morgan fingerprint density at radius 3 is 2.73 bits per heavy atom. The maximum absolute atomic E-state index is 12.4. The quantitative estimate of drug-likeness (QED) is 0.849. The summed E-state index contributed by atoms with van der Waals surface area (Å²) >= 11 is 5.99. The summed E-state index contributed by atoms with van der Waals surface area (Å²) in [4.78, 5) is 17.1. The minimum absolute atomic E-state index is 0.287. The van der Waals surface area contributed by atoms with Crippen molar-refractivity contribution in [3.8, 4) is 0 Å². The number of hydrogen-bond donors (Lipinski definition) is 0. The van der Waals surface area contributed by atoms with E-state index in [2.05, 4.69) is 9.80 Å². The average Bonchev–Trinajstić information content (AvgIpc) is 2.69. The zero-order valence-electron chi connectivity index (χ0n) is 13.1. The van der Waals surface area contributed by atoms with Gasteiger partial charge < -0.3 is 4.90 Å². The van der Waals surface area contributed by atoms with Crippen molar-refractivity contribution >= 4 is 17.5 Å². The molecule has 1 saturated carbocycles. The largest absolute Gasteiger partial charge is 0.341 e. The Bertz CT molecular complexity index is 516. The topological polar surface area (TPSA) is 23.6 Å². The van der Waals surface area contributed by atoms with E-state index in [4.69, 9.17) is 11.6 Å². The van der Waals surface area contributed by atoms with Crippen molar-refractivity contribution in [2.24, 2.45) is 0 Å². The summed E-state index contributed by atoms with van der Waals surface area (Å²) in [6, 6.07) is 8.61. The van der Waals surface area contributed by atoms with Gasteiger partial charge in [0.15, 0.2) is 0 Å². The van der Waals surface area contributed by atoms with Crippen LogP contribution in [0, 0.1) is 0 Å². The van der Waals surface area contributed by atoms with Crippen LogP contribution in [0.4, 0.5) is 0 Å². The van der Waals surface area contributed by atoms with Crippen molar-refractivity contribution in [1.82, 2.24) is 9.80 Å². The maximum Gasteiger partial charge on any atom is 0.222 e. The van der Waals surface area contributed by atoms with Crippen LogP contribution in [0.25, 0.3) is 0 Å². The van der Waals surface area contributed by atoms with E-state index in [-0.39, 0.29) is 5.91 Å². The van der Waals surface area contributed by atoms with Gasteiger partial charge in [0.25, 0.3) is 0 Å². The van der Waals surface area contributed by atoms with Crippen molar-refractivity contribution in [2.45, 2.75) is 44.6 Å². The van der Waals surface area contributed by atoms with Crippen molar-refractivity contribution in [3.63, 3.8) is 0 Å². The molecular weight excluding hydrogens is 296 g/mol. The van der Waals surface area contributed by atoms with Crippen LogP contribution in [-0.2, 0) is 11.2 Å². The Hall–Kier alpha value is -1.06. The third kappa shape index (κ3) is 4.02. The Morgan fingerprint density at radius 2 is 2.00 bits per heavy atom. The molecule has 1 aromatic rings. The minimum Gasteiger partial charge on any atom is -0.341 e. The molecule has 0 spiro atoms. The summed E-state index contributed by atoms with van der Waals surface area (Å²) in [6.07, 6.45) is 6.56. The molecule has 0 N–H and O–H groups in total. The van der Waals surface area contributed by atoms with Gasteiger partial charge in [0, 0.05) is 43.7 Å². The van der Waals surface area contributed by atoms with Crippen LogP contribution < -0.4 is 0 Å². The highest BCUT2D eigenvalue weighted by Gasteiger charge is 2.27. The predicted molar refractivity (Wildman–Crippen MR) is 90.2 cm³/mol. The number of halogens is 1. The summed E-state index contributed by atoms with van der Waals surface area (Å²) < 4.78 is 0. The summed E-state index contributed by atoms with van der Waals surface area (Å²) in [7, 11) is 0. The summed E-state index contributed by atoms with van der Waals surface area (Å²) in [5.74, 6) is 0.287. The monoisotopic (exact) mass is 320 g/mol. The fraction of sp³-hybridized carbons (Fsp3) is 0.611. The smallest absolute Gasteiger partial charge is 0.222 e. The number of aryl methyl sites for hydroxylation is 1. The lowest BCUT2D eigenvalue weighted by Gasteiger charge is -2.36. The van der Waals surface area contributed by atoms with Crippen LogP contribution in [0.1, 0.15) is 37.7 Å². The molecule has 1 heterocycles. The number of hydrogen-bond acceptors (Lipinski definition) is 2. The van der Waals surface area contributed by atoms with Gasteiger partial charge in [-0.15, -0.1) is 0 Å². The van der Waals surface area contributed by atoms with Gasteiger partial charge in [0.05, 0.1) is 0 Å². The fourth-order valence-corrected chi connectivity index (χ4v) is 3.62. The van der Waals surface area contributed by atoms with Crippen molar-refractivity contribution < 1.29 is 4.79 Å². The second-order valence-electron chi connectivity index (χ2n) is 6.48. The highest BCUT2D eigenvalue weighted by molar-refractivity contribution is 6.30. The van der Waals surface area contributed by atoms with E-state index in [1.54, 1.807) is 0 Å². The van der Waals surface area contributed by atoms with Gasteiger partial charge >= 0.3 is 0 Å². The third-order valence-corrected chi connectivity index (χ3v) is 5.23. The molecular formula is C18H25ClN2O. The molecule has 22 heavy (non-hydrogen) atoms. The van der Waals surface area contributed by atoms with Crippen LogP contribution in [0.3, 0.4) is 0 Å². The van der Waals surface area contributed by atoms with E-state index in [0.29, 0.717) is 6.42 Å². The van der Waals surface area contributed by atoms with Gasteiger partial charge in [0.2, 0.25) is 5.91 Å². The summed E-state index contributed by atoms with van der Waals surface area (Å²) in [5, 5.41) is 0.746. The van der Waals surface area contributed by atoms with Gasteiger partial charge in [-0.1, -0.05) is 30.2 Å². The molecule has 0 bridgehead atoms. The minimum atomic E-state index is 0.287.